The van der Waals surface area contributed by atoms with Gasteiger partial charge in [0.05, 0.1) is 12.6 Å². The standard InChI is InChI=1S/C21H22N2O3/c1-22-9-11-23(12-10-22)14-18-19(24)8-7-16-17(13-20(25)26-21(16)18)15-5-3-2-4-6-15/h2-8,13,24H,9-12,14H2,1H3/p+2. The van der Waals surface area contributed by atoms with Gasteiger partial charge in [0.2, 0.25) is 0 Å². The van der Waals surface area contributed by atoms with Crippen molar-refractivity contribution in [2.24, 2.45) is 0 Å². The van der Waals surface area contributed by atoms with Gasteiger partial charge >= 0.3 is 5.63 Å². The molecule has 134 valence electrons. The van der Waals surface area contributed by atoms with E-state index in [-0.39, 0.29) is 11.4 Å². The highest BCUT2D eigenvalue weighted by Gasteiger charge is 2.24. The number of likely N-dealkylation sites (N-methyl/N-ethyl adjacent to an activating group) is 1. The van der Waals surface area contributed by atoms with Gasteiger partial charge in [-0.15, -0.1) is 0 Å². The summed E-state index contributed by atoms with van der Waals surface area (Å²) in [7, 11) is 2.21. The average Bonchev–Trinajstić information content (AvgIpc) is 2.66. The van der Waals surface area contributed by atoms with Crippen molar-refractivity contribution in [2.45, 2.75) is 6.54 Å². The van der Waals surface area contributed by atoms with Crippen molar-refractivity contribution in [3.63, 3.8) is 0 Å². The average molecular weight is 352 g/mol. The van der Waals surface area contributed by atoms with Crippen LogP contribution in [0.5, 0.6) is 5.75 Å². The number of rotatable bonds is 3. The summed E-state index contributed by atoms with van der Waals surface area (Å²) in [5.74, 6) is 0.199. The maximum atomic E-state index is 12.2. The molecule has 3 aromatic rings. The third-order valence-corrected chi connectivity index (χ3v) is 5.31. The molecule has 0 saturated carbocycles. The Bertz CT molecular complexity index is 974. The van der Waals surface area contributed by atoms with E-state index in [0.29, 0.717) is 12.1 Å². The lowest BCUT2D eigenvalue weighted by Crippen LogP contribution is -3.26. The minimum atomic E-state index is -0.388. The lowest BCUT2D eigenvalue weighted by molar-refractivity contribution is -1.01. The second kappa shape index (κ2) is 6.94. The minimum absolute atomic E-state index is 0.199. The first-order chi connectivity index (χ1) is 12.6. The molecule has 4 rings (SSSR count). The summed E-state index contributed by atoms with van der Waals surface area (Å²) in [6.45, 7) is 4.98. The predicted octanol–water partition coefficient (Wildman–Crippen LogP) is 0.0788. The number of hydrogen-bond acceptors (Lipinski definition) is 3. The number of phenols is 1. The molecule has 0 unspecified atom stereocenters. The zero-order valence-corrected chi connectivity index (χ0v) is 14.9. The van der Waals surface area contributed by atoms with Gasteiger partial charge in [0.1, 0.15) is 38.5 Å². The third kappa shape index (κ3) is 3.23. The fourth-order valence-electron chi connectivity index (χ4n) is 3.76. The molecule has 0 atom stereocenters. The number of quaternary nitrogens is 2. The van der Waals surface area contributed by atoms with Crippen LogP contribution >= 0.6 is 0 Å². The second-order valence-electron chi connectivity index (χ2n) is 7.17. The molecule has 0 amide bonds. The van der Waals surface area contributed by atoms with Crippen LogP contribution in [0.1, 0.15) is 5.56 Å². The Morgan fingerprint density at radius 1 is 1.04 bits per heavy atom. The normalized spacial score (nSPS) is 20.3. The molecule has 0 bridgehead atoms. The van der Waals surface area contributed by atoms with Gasteiger partial charge in [0.25, 0.3) is 0 Å². The first kappa shape index (κ1) is 16.8. The Kier molecular flexibility index (Phi) is 4.49. The van der Waals surface area contributed by atoms with Crippen LogP contribution in [0.2, 0.25) is 0 Å². The van der Waals surface area contributed by atoms with Crippen LogP contribution in [0.25, 0.3) is 22.1 Å². The Labute approximate surface area is 152 Å². The van der Waals surface area contributed by atoms with Gasteiger partial charge in [-0.3, -0.25) is 0 Å². The van der Waals surface area contributed by atoms with Gasteiger partial charge in [-0.1, -0.05) is 30.3 Å². The molecule has 1 saturated heterocycles. The summed E-state index contributed by atoms with van der Waals surface area (Å²) >= 11 is 0. The lowest BCUT2D eigenvalue weighted by Gasteiger charge is -2.27. The molecule has 1 aliphatic heterocycles. The highest BCUT2D eigenvalue weighted by Crippen LogP contribution is 2.32. The molecular formula is C21H24N2O3+2. The molecular weight excluding hydrogens is 328 g/mol. The smallest absolute Gasteiger partial charge is 0.336 e. The highest BCUT2D eigenvalue weighted by atomic mass is 16.4. The van der Waals surface area contributed by atoms with E-state index in [2.05, 4.69) is 7.05 Å². The van der Waals surface area contributed by atoms with Crippen molar-refractivity contribution in [1.82, 2.24) is 0 Å². The molecule has 1 aromatic heterocycles. The van der Waals surface area contributed by atoms with E-state index in [1.807, 2.05) is 36.4 Å². The molecule has 2 heterocycles. The van der Waals surface area contributed by atoms with E-state index in [1.54, 1.807) is 6.07 Å². The first-order valence-corrected chi connectivity index (χ1v) is 9.11. The summed E-state index contributed by atoms with van der Waals surface area (Å²) in [5.41, 5.74) is 2.66. The molecule has 0 spiro atoms. The van der Waals surface area contributed by atoms with Crippen molar-refractivity contribution in [3.8, 4) is 16.9 Å². The quantitative estimate of drug-likeness (QED) is 0.585. The maximum Gasteiger partial charge on any atom is 0.336 e. The SMILES string of the molecule is C[NH+]1CC[NH+](Cc2c(O)ccc3c(-c4ccccc4)cc(=O)oc23)CC1. The van der Waals surface area contributed by atoms with Gasteiger partial charge in [0.15, 0.2) is 5.58 Å². The summed E-state index contributed by atoms with van der Waals surface area (Å²) in [6.07, 6.45) is 0. The molecule has 5 nitrogen and oxygen atoms in total. The number of benzene rings is 2. The van der Waals surface area contributed by atoms with E-state index in [1.165, 1.54) is 15.9 Å². The van der Waals surface area contributed by atoms with Crippen molar-refractivity contribution in [3.05, 3.63) is 64.5 Å². The number of aromatic hydroxyl groups is 1. The Morgan fingerprint density at radius 2 is 1.77 bits per heavy atom. The second-order valence-corrected chi connectivity index (χ2v) is 7.17. The molecule has 5 heteroatoms. The highest BCUT2D eigenvalue weighted by molar-refractivity contribution is 5.95. The van der Waals surface area contributed by atoms with Gasteiger partial charge in [-0.05, 0) is 23.3 Å². The van der Waals surface area contributed by atoms with Crippen LogP contribution in [0.4, 0.5) is 0 Å². The predicted molar refractivity (Wildman–Crippen MR) is 101 cm³/mol. The monoisotopic (exact) mass is 352 g/mol. The summed E-state index contributed by atoms with van der Waals surface area (Å²) in [4.78, 5) is 15.2. The summed E-state index contributed by atoms with van der Waals surface area (Å²) in [5, 5.41) is 11.3. The van der Waals surface area contributed by atoms with Crippen molar-refractivity contribution >= 4 is 11.0 Å². The summed E-state index contributed by atoms with van der Waals surface area (Å²) < 4.78 is 5.56. The van der Waals surface area contributed by atoms with E-state index >= 15 is 0 Å². The number of piperazine rings is 1. The number of phenolic OH excluding ortho intramolecular Hbond substituents is 1. The van der Waals surface area contributed by atoms with E-state index in [4.69, 9.17) is 4.42 Å². The molecule has 3 N–H and O–H groups in total. The van der Waals surface area contributed by atoms with E-state index in [9.17, 15) is 9.90 Å². The molecule has 0 aliphatic carbocycles. The zero-order valence-electron chi connectivity index (χ0n) is 14.9. The Balaban J connectivity index is 1.82. The van der Waals surface area contributed by atoms with Crippen molar-refractivity contribution < 1.29 is 19.3 Å². The third-order valence-electron chi connectivity index (χ3n) is 5.31. The minimum Gasteiger partial charge on any atom is -0.507 e. The molecule has 1 fully saturated rings. The largest absolute Gasteiger partial charge is 0.507 e. The molecule has 2 aromatic carbocycles. The van der Waals surface area contributed by atoms with Gasteiger partial charge in [-0.25, -0.2) is 4.79 Å². The van der Waals surface area contributed by atoms with E-state index < -0.39 is 0 Å². The van der Waals surface area contributed by atoms with Gasteiger partial charge < -0.3 is 19.3 Å². The topological polar surface area (TPSA) is 59.3 Å². The van der Waals surface area contributed by atoms with Crippen LogP contribution in [0, 0.1) is 0 Å². The number of fused-ring (bicyclic) bond motifs is 1. The molecule has 0 radical (unpaired) electrons. The fraction of sp³-hybridized carbons (Fsp3) is 0.286. The first-order valence-electron chi connectivity index (χ1n) is 9.11. The van der Waals surface area contributed by atoms with Crippen LogP contribution in [0.3, 0.4) is 0 Å². The molecule has 1 aliphatic rings. The number of nitrogens with one attached hydrogen (secondary N) is 2. The van der Waals surface area contributed by atoms with Crippen molar-refractivity contribution in [2.75, 3.05) is 33.2 Å². The fourth-order valence-corrected chi connectivity index (χ4v) is 3.76. The van der Waals surface area contributed by atoms with Crippen LogP contribution in [0.15, 0.2) is 57.7 Å². The van der Waals surface area contributed by atoms with Gasteiger partial charge in [0, 0.05) is 11.5 Å². The lowest BCUT2D eigenvalue weighted by atomic mass is 9.99. The Hall–Kier alpha value is -2.63. The van der Waals surface area contributed by atoms with E-state index in [0.717, 1.165) is 48.3 Å². The maximum absolute atomic E-state index is 12.2. The number of hydrogen-bond donors (Lipinski definition) is 3. The van der Waals surface area contributed by atoms with Crippen molar-refractivity contribution in [1.29, 1.82) is 0 Å². The van der Waals surface area contributed by atoms with Crippen LogP contribution < -0.4 is 15.4 Å². The van der Waals surface area contributed by atoms with Crippen LogP contribution in [-0.2, 0) is 6.54 Å². The van der Waals surface area contributed by atoms with Gasteiger partial charge in [-0.2, -0.15) is 0 Å². The summed E-state index contributed by atoms with van der Waals surface area (Å²) in [6, 6.07) is 14.9. The van der Waals surface area contributed by atoms with Crippen LogP contribution in [-0.4, -0.2) is 38.3 Å². The molecule has 26 heavy (non-hydrogen) atoms. The zero-order chi connectivity index (χ0) is 18.1. The Morgan fingerprint density at radius 3 is 2.50 bits per heavy atom.